The normalized spacial score (nSPS) is 20.6. The molecule has 3 rings (SSSR count). The van der Waals surface area contributed by atoms with Gasteiger partial charge in [-0.05, 0) is 18.9 Å². The number of likely N-dealkylation sites (tertiary alicyclic amines) is 1. The second-order valence-corrected chi connectivity index (χ2v) is 7.00. The summed E-state index contributed by atoms with van der Waals surface area (Å²) in [5, 5.41) is 13.3. The van der Waals surface area contributed by atoms with Gasteiger partial charge in [0.15, 0.2) is 0 Å². The largest absolute Gasteiger partial charge is 0.481 e. The standard InChI is InChI=1S/C17H18F3N3O4/c1-7(2)12-4-9(13-8(3)22-27-14(13)21-12)15(24)23-5-10(16(25)26)11(6-23)17(18,19)20/h4,7,10-11H,5-6H2,1-3H3,(H,25,26)/t10-,11-/m1/s1. The number of hydrogen-bond acceptors (Lipinski definition) is 5. The van der Waals surface area contributed by atoms with Crippen LogP contribution in [0.4, 0.5) is 13.2 Å². The molecule has 1 fully saturated rings. The van der Waals surface area contributed by atoms with Gasteiger partial charge in [0.2, 0.25) is 0 Å². The third-order valence-corrected chi connectivity index (χ3v) is 4.80. The lowest BCUT2D eigenvalue weighted by Crippen LogP contribution is -2.34. The van der Waals surface area contributed by atoms with E-state index in [0.29, 0.717) is 16.8 Å². The van der Waals surface area contributed by atoms with Crippen molar-refractivity contribution in [1.29, 1.82) is 0 Å². The van der Waals surface area contributed by atoms with Crippen molar-refractivity contribution in [3.8, 4) is 0 Å². The molecule has 1 amide bonds. The molecule has 2 aromatic rings. The van der Waals surface area contributed by atoms with Crippen LogP contribution in [0.3, 0.4) is 0 Å². The first-order valence-electron chi connectivity index (χ1n) is 8.36. The first-order chi connectivity index (χ1) is 12.5. The van der Waals surface area contributed by atoms with E-state index >= 15 is 0 Å². The van der Waals surface area contributed by atoms with Gasteiger partial charge in [-0.1, -0.05) is 19.0 Å². The summed E-state index contributed by atoms with van der Waals surface area (Å²) >= 11 is 0. The van der Waals surface area contributed by atoms with Crippen LogP contribution in [-0.2, 0) is 4.79 Å². The third kappa shape index (κ3) is 3.35. The average molecular weight is 385 g/mol. The lowest BCUT2D eigenvalue weighted by atomic mass is 9.96. The molecule has 1 aliphatic rings. The van der Waals surface area contributed by atoms with Crippen molar-refractivity contribution >= 4 is 23.0 Å². The van der Waals surface area contributed by atoms with E-state index in [4.69, 9.17) is 9.63 Å². The Balaban J connectivity index is 2.03. The monoisotopic (exact) mass is 385 g/mol. The van der Waals surface area contributed by atoms with Crippen molar-refractivity contribution in [2.75, 3.05) is 13.1 Å². The summed E-state index contributed by atoms with van der Waals surface area (Å²) in [6.45, 7) is 4.08. The number of aliphatic carboxylic acids is 1. The average Bonchev–Trinajstić information content (AvgIpc) is 3.18. The van der Waals surface area contributed by atoms with Gasteiger partial charge < -0.3 is 14.5 Å². The van der Waals surface area contributed by atoms with Gasteiger partial charge in [0.1, 0.15) is 0 Å². The van der Waals surface area contributed by atoms with Crippen LogP contribution < -0.4 is 0 Å². The molecule has 146 valence electrons. The second kappa shape index (κ2) is 6.50. The van der Waals surface area contributed by atoms with Gasteiger partial charge in [-0.25, -0.2) is 4.98 Å². The van der Waals surface area contributed by atoms with E-state index in [9.17, 15) is 22.8 Å². The topological polar surface area (TPSA) is 96.5 Å². The maximum atomic E-state index is 13.2. The molecule has 0 unspecified atom stereocenters. The van der Waals surface area contributed by atoms with Crippen LogP contribution in [0.5, 0.6) is 0 Å². The van der Waals surface area contributed by atoms with Crippen LogP contribution in [0.2, 0.25) is 0 Å². The fourth-order valence-electron chi connectivity index (χ4n) is 3.30. The molecule has 1 aliphatic heterocycles. The van der Waals surface area contributed by atoms with Gasteiger partial charge in [-0.3, -0.25) is 9.59 Å². The van der Waals surface area contributed by atoms with Gasteiger partial charge in [-0.15, -0.1) is 0 Å². The lowest BCUT2D eigenvalue weighted by molar-refractivity contribution is -0.187. The zero-order valence-corrected chi connectivity index (χ0v) is 14.9. The van der Waals surface area contributed by atoms with Gasteiger partial charge in [0, 0.05) is 18.8 Å². The number of hydrogen-bond donors (Lipinski definition) is 1. The molecule has 1 saturated heterocycles. The Morgan fingerprint density at radius 3 is 2.52 bits per heavy atom. The Morgan fingerprint density at radius 1 is 1.33 bits per heavy atom. The SMILES string of the molecule is Cc1noc2nc(C(C)C)cc(C(=O)N3C[C@@H](C(F)(F)F)[C@H](C(=O)O)C3)c12. The van der Waals surface area contributed by atoms with Crippen molar-refractivity contribution in [2.24, 2.45) is 11.8 Å². The molecule has 0 saturated carbocycles. The maximum Gasteiger partial charge on any atom is 0.394 e. The summed E-state index contributed by atoms with van der Waals surface area (Å²) in [6.07, 6.45) is -4.71. The van der Waals surface area contributed by atoms with E-state index in [1.807, 2.05) is 13.8 Å². The van der Waals surface area contributed by atoms with Crippen LogP contribution in [0, 0.1) is 18.8 Å². The number of fused-ring (bicyclic) bond motifs is 1. The summed E-state index contributed by atoms with van der Waals surface area (Å²) in [4.78, 5) is 29.5. The Morgan fingerprint density at radius 2 is 2.00 bits per heavy atom. The number of alkyl halides is 3. The minimum atomic E-state index is -4.71. The highest BCUT2D eigenvalue weighted by atomic mass is 19.4. The minimum absolute atomic E-state index is 0.0559. The molecule has 2 atom stereocenters. The predicted molar refractivity (Wildman–Crippen MR) is 87.2 cm³/mol. The predicted octanol–water partition coefficient (Wildman–Crippen LogP) is 2.99. The summed E-state index contributed by atoms with van der Waals surface area (Å²) < 4.78 is 44.8. The zero-order chi connectivity index (χ0) is 20.1. The summed E-state index contributed by atoms with van der Waals surface area (Å²) in [5.41, 5.74) is 1.17. The number of nitrogens with zero attached hydrogens (tertiary/aromatic N) is 3. The van der Waals surface area contributed by atoms with Crippen molar-refractivity contribution in [1.82, 2.24) is 15.0 Å². The third-order valence-electron chi connectivity index (χ3n) is 4.80. The van der Waals surface area contributed by atoms with E-state index in [-0.39, 0.29) is 17.2 Å². The second-order valence-electron chi connectivity index (χ2n) is 7.00. The van der Waals surface area contributed by atoms with Crippen LogP contribution in [0.25, 0.3) is 11.1 Å². The highest BCUT2D eigenvalue weighted by molar-refractivity contribution is 6.06. The van der Waals surface area contributed by atoms with E-state index in [0.717, 1.165) is 4.90 Å². The molecule has 0 spiro atoms. The molecule has 0 bridgehead atoms. The lowest BCUT2D eigenvalue weighted by Gasteiger charge is -2.19. The first kappa shape index (κ1) is 19.1. The van der Waals surface area contributed by atoms with Gasteiger partial charge >= 0.3 is 12.1 Å². The van der Waals surface area contributed by atoms with Crippen LogP contribution in [-0.4, -0.2) is 51.3 Å². The molecule has 3 heterocycles. The molecule has 0 aromatic carbocycles. The quantitative estimate of drug-likeness (QED) is 0.873. The summed E-state index contributed by atoms with van der Waals surface area (Å²) in [6, 6.07) is 1.51. The van der Waals surface area contributed by atoms with E-state index in [1.54, 1.807) is 6.92 Å². The zero-order valence-electron chi connectivity index (χ0n) is 14.9. The molecule has 1 N–H and O–H groups in total. The Labute approximate surface area is 152 Å². The number of halogens is 3. The number of aromatic nitrogens is 2. The molecular weight excluding hydrogens is 367 g/mol. The Hall–Kier alpha value is -2.65. The van der Waals surface area contributed by atoms with Crippen LogP contribution >= 0.6 is 0 Å². The fourth-order valence-corrected chi connectivity index (χ4v) is 3.30. The molecule has 7 nitrogen and oxygen atoms in total. The summed E-state index contributed by atoms with van der Waals surface area (Å²) in [7, 11) is 0. The fraction of sp³-hybridized carbons (Fsp3) is 0.529. The number of carbonyl (C=O) groups excluding carboxylic acids is 1. The van der Waals surface area contributed by atoms with Crippen molar-refractivity contribution < 1.29 is 32.4 Å². The molecule has 10 heteroatoms. The smallest absolute Gasteiger partial charge is 0.394 e. The number of carboxylic acid groups (broad SMARTS) is 1. The van der Waals surface area contributed by atoms with Gasteiger partial charge in [0.05, 0.1) is 28.5 Å². The van der Waals surface area contributed by atoms with Gasteiger partial charge in [-0.2, -0.15) is 13.2 Å². The first-order valence-corrected chi connectivity index (χ1v) is 8.36. The number of pyridine rings is 1. The molecular formula is C17H18F3N3O4. The Kier molecular flexibility index (Phi) is 4.61. The minimum Gasteiger partial charge on any atom is -0.481 e. The molecule has 0 radical (unpaired) electrons. The highest BCUT2D eigenvalue weighted by Crippen LogP contribution is 2.38. The van der Waals surface area contributed by atoms with E-state index in [1.165, 1.54) is 6.07 Å². The number of rotatable bonds is 3. The molecule has 27 heavy (non-hydrogen) atoms. The number of carboxylic acids is 1. The number of amides is 1. The van der Waals surface area contributed by atoms with Crippen molar-refractivity contribution in [2.45, 2.75) is 32.9 Å². The number of carbonyl (C=O) groups is 2. The van der Waals surface area contributed by atoms with E-state index < -0.39 is 43.0 Å². The molecule has 0 aliphatic carbocycles. The van der Waals surface area contributed by atoms with Crippen LogP contribution in [0.1, 0.15) is 41.5 Å². The maximum absolute atomic E-state index is 13.2. The van der Waals surface area contributed by atoms with Crippen molar-refractivity contribution in [3.63, 3.8) is 0 Å². The van der Waals surface area contributed by atoms with E-state index in [2.05, 4.69) is 10.1 Å². The summed E-state index contributed by atoms with van der Waals surface area (Å²) in [5.74, 6) is -6.12. The van der Waals surface area contributed by atoms with Gasteiger partial charge in [0.25, 0.3) is 11.6 Å². The van der Waals surface area contributed by atoms with Crippen molar-refractivity contribution in [3.05, 3.63) is 23.0 Å². The Bertz CT molecular complexity index is 907. The highest BCUT2D eigenvalue weighted by Gasteiger charge is 2.53. The number of aryl methyl sites for hydroxylation is 1. The van der Waals surface area contributed by atoms with Crippen LogP contribution in [0.15, 0.2) is 10.6 Å². The molecule has 2 aromatic heterocycles.